The first-order valence-electron chi connectivity index (χ1n) is 6.39. The van der Waals surface area contributed by atoms with Gasteiger partial charge in [-0.3, -0.25) is 10.1 Å². The van der Waals surface area contributed by atoms with Crippen molar-refractivity contribution in [2.24, 2.45) is 0 Å². The molecule has 4 nitrogen and oxygen atoms in total. The van der Waals surface area contributed by atoms with Crippen molar-refractivity contribution in [2.45, 2.75) is 13.5 Å². The molecule has 0 unspecified atom stereocenters. The third-order valence-corrected chi connectivity index (χ3v) is 3.82. The summed E-state index contributed by atoms with van der Waals surface area (Å²) in [5.41, 5.74) is 1.75. The molecule has 0 radical (unpaired) electrons. The van der Waals surface area contributed by atoms with E-state index in [1.165, 1.54) is 6.07 Å². The Hall–Kier alpha value is -2.14. The maximum absolute atomic E-state index is 10.9. The lowest BCUT2D eigenvalue weighted by Crippen LogP contribution is -2.00. The molecule has 2 aromatic rings. The number of rotatable bonds is 5. The number of hydrogen-bond acceptors (Lipinski definition) is 3. The zero-order valence-electron chi connectivity index (χ0n) is 11.5. The van der Waals surface area contributed by atoms with Crippen molar-refractivity contribution < 1.29 is 9.66 Å². The molecular formula is C16H14BrNO3. The Morgan fingerprint density at radius 1 is 1.24 bits per heavy atom. The molecule has 2 aromatic carbocycles. The van der Waals surface area contributed by atoms with E-state index in [0.717, 1.165) is 16.9 Å². The Morgan fingerprint density at radius 2 is 2.00 bits per heavy atom. The molecule has 0 saturated carbocycles. The van der Waals surface area contributed by atoms with Gasteiger partial charge in [-0.1, -0.05) is 42.5 Å². The van der Waals surface area contributed by atoms with E-state index in [1.54, 1.807) is 12.1 Å². The fourth-order valence-corrected chi connectivity index (χ4v) is 2.43. The minimum absolute atomic E-state index is 0.0397. The summed E-state index contributed by atoms with van der Waals surface area (Å²) >= 11 is 3.27. The van der Waals surface area contributed by atoms with E-state index < -0.39 is 4.92 Å². The van der Waals surface area contributed by atoms with Crippen molar-refractivity contribution in [2.75, 3.05) is 0 Å². The predicted octanol–water partition coefficient (Wildman–Crippen LogP) is 4.97. The van der Waals surface area contributed by atoms with E-state index in [1.807, 2.05) is 43.3 Å². The molecule has 108 valence electrons. The number of benzene rings is 2. The van der Waals surface area contributed by atoms with E-state index in [4.69, 9.17) is 4.74 Å². The number of hydrogen-bond donors (Lipinski definition) is 0. The van der Waals surface area contributed by atoms with Crippen LogP contribution in [-0.2, 0) is 6.61 Å². The lowest BCUT2D eigenvalue weighted by atomic mass is 10.2. The summed E-state index contributed by atoms with van der Waals surface area (Å²) in [4.78, 5) is 10.5. The van der Waals surface area contributed by atoms with Gasteiger partial charge in [0, 0.05) is 17.2 Å². The lowest BCUT2D eigenvalue weighted by Gasteiger charge is -2.10. The molecule has 0 N–H and O–H groups in total. The summed E-state index contributed by atoms with van der Waals surface area (Å²) in [6.45, 7) is 2.20. The predicted molar refractivity (Wildman–Crippen MR) is 86.3 cm³/mol. The molecule has 0 bridgehead atoms. The van der Waals surface area contributed by atoms with Gasteiger partial charge in [0.25, 0.3) is 5.69 Å². The highest BCUT2D eigenvalue weighted by Crippen LogP contribution is 2.29. The summed E-state index contributed by atoms with van der Waals surface area (Å²) in [5, 5.41) is 10.9. The number of halogens is 1. The van der Waals surface area contributed by atoms with Gasteiger partial charge in [0.2, 0.25) is 0 Å². The van der Waals surface area contributed by atoms with Crippen molar-refractivity contribution in [1.29, 1.82) is 0 Å². The van der Waals surface area contributed by atoms with Gasteiger partial charge < -0.3 is 4.74 Å². The first-order chi connectivity index (χ1) is 10.1. The van der Waals surface area contributed by atoms with Gasteiger partial charge in [-0.15, -0.1) is 0 Å². The summed E-state index contributed by atoms with van der Waals surface area (Å²) in [6.07, 6.45) is 3.89. The van der Waals surface area contributed by atoms with E-state index in [9.17, 15) is 10.1 Å². The fraction of sp³-hybridized carbons (Fsp3) is 0.125. The smallest absolute Gasteiger partial charge is 0.283 e. The molecule has 0 aliphatic carbocycles. The van der Waals surface area contributed by atoms with Crippen molar-refractivity contribution in [3.63, 3.8) is 0 Å². The van der Waals surface area contributed by atoms with Crippen LogP contribution in [0.3, 0.4) is 0 Å². The molecule has 0 saturated heterocycles. The van der Waals surface area contributed by atoms with Gasteiger partial charge in [0.05, 0.1) is 4.92 Å². The molecule has 0 spiro atoms. The second-order valence-corrected chi connectivity index (χ2v) is 5.13. The average Bonchev–Trinajstić information content (AvgIpc) is 2.47. The summed E-state index contributed by atoms with van der Waals surface area (Å²) < 4.78 is 6.24. The number of para-hydroxylation sites is 1. The minimum atomic E-state index is -0.415. The molecule has 21 heavy (non-hydrogen) atoms. The van der Waals surface area contributed by atoms with Crippen LogP contribution in [0.1, 0.15) is 18.1 Å². The first kappa shape index (κ1) is 15.3. The van der Waals surface area contributed by atoms with Gasteiger partial charge in [0.1, 0.15) is 16.8 Å². The normalized spacial score (nSPS) is 10.8. The number of ether oxygens (including phenoxy) is 1. The van der Waals surface area contributed by atoms with Crippen LogP contribution in [0.5, 0.6) is 5.75 Å². The molecule has 0 aromatic heterocycles. The molecule has 0 aliphatic heterocycles. The standard InChI is InChI=1S/C16H14BrNO3/c1-2-6-12-7-3-4-10-15(12)21-11-13-8-5-9-14(16(13)17)18(19)20/h2-10H,11H2,1H3/b6-2+. The van der Waals surface area contributed by atoms with Crippen LogP contribution in [0.2, 0.25) is 0 Å². The fourth-order valence-electron chi connectivity index (χ4n) is 1.90. The molecule has 2 rings (SSSR count). The van der Waals surface area contributed by atoms with Crippen LogP contribution in [-0.4, -0.2) is 4.92 Å². The zero-order valence-corrected chi connectivity index (χ0v) is 13.0. The second-order valence-electron chi connectivity index (χ2n) is 4.33. The molecule has 0 amide bonds. The number of nitrogens with zero attached hydrogens (tertiary/aromatic N) is 1. The molecule has 5 heteroatoms. The molecular weight excluding hydrogens is 334 g/mol. The number of nitro benzene ring substituents is 1. The highest BCUT2D eigenvalue weighted by molar-refractivity contribution is 9.10. The van der Waals surface area contributed by atoms with Gasteiger partial charge in [-0.05, 0) is 28.9 Å². The monoisotopic (exact) mass is 347 g/mol. The Kier molecular flexibility index (Phi) is 5.11. The Morgan fingerprint density at radius 3 is 2.71 bits per heavy atom. The van der Waals surface area contributed by atoms with Crippen LogP contribution >= 0.6 is 15.9 Å². The summed E-state index contributed by atoms with van der Waals surface area (Å²) in [5.74, 6) is 0.744. The number of nitro groups is 1. The third-order valence-electron chi connectivity index (χ3n) is 2.90. The SMILES string of the molecule is C/C=C/c1ccccc1OCc1cccc([N+](=O)[O-])c1Br. The van der Waals surface area contributed by atoms with Crippen LogP contribution in [0.15, 0.2) is 53.0 Å². The van der Waals surface area contributed by atoms with Crippen molar-refractivity contribution in [1.82, 2.24) is 0 Å². The van der Waals surface area contributed by atoms with Gasteiger partial charge in [-0.2, -0.15) is 0 Å². The molecule has 0 aliphatic rings. The Labute approximate surface area is 131 Å². The van der Waals surface area contributed by atoms with Gasteiger partial charge in [-0.25, -0.2) is 0 Å². The first-order valence-corrected chi connectivity index (χ1v) is 7.19. The average molecular weight is 348 g/mol. The largest absolute Gasteiger partial charge is 0.488 e. The lowest BCUT2D eigenvalue weighted by molar-refractivity contribution is -0.385. The topological polar surface area (TPSA) is 52.4 Å². The zero-order chi connectivity index (χ0) is 15.2. The van der Waals surface area contributed by atoms with E-state index in [0.29, 0.717) is 4.47 Å². The van der Waals surface area contributed by atoms with Gasteiger partial charge >= 0.3 is 0 Å². The maximum Gasteiger partial charge on any atom is 0.283 e. The summed E-state index contributed by atoms with van der Waals surface area (Å²) in [6, 6.07) is 12.6. The van der Waals surface area contributed by atoms with E-state index >= 15 is 0 Å². The van der Waals surface area contributed by atoms with Crippen LogP contribution in [0.25, 0.3) is 6.08 Å². The van der Waals surface area contributed by atoms with Crippen LogP contribution in [0.4, 0.5) is 5.69 Å². The van der Waals surface area contributed by atoms with Crippen molar-refractivity contribution in [3.05, 3.63) is 74.3 Å². The van der Waals surface area contributed by atoms with Crippen molar-refractivity contribution in [3.8, 4) is 5.75 Å². The minimum Gasteiger partial charge on any atom is -0.488 e. The number of allylic oxidation sites excluding steroid dienone is 1. The van der Waals surface area contributed by atoms with Crippen LogP contribution < -0.4 is 4.74 Å². The third kappa shape index (κ3) is 3.70. The quantitative estimate of drug-likeness (QED) is 0.566. The van der Waals surface area contributed by atoms with Gasteiger partial charge in [0.15, 0.2) is 0 Å². The maximum atomic E-state index is 10.9. The highest BCUT2D eigenvalue weighted by atomic mass is 79.9. The Bertz CT molecular complexity index is 683. The van der Waals surface area contributed by atoms with Crippen molar-refractivity contribution >= 4 is 27.7 Å². The highest BCUT2D eigenvalue weighted by Gasteiger charge is 2.15. The summed E-state index contributed by atoms with van der Waals surface area (Å²) in [7, 11) is 0. The van der Waals surface area contributed by atoms with E-state index in [2.05, 4.69) is 15.9 Å². The van der Waals surface area contributed by atoms with E-state index in [-0.39, 0.29) is 12.3 Å². The van der Waals surface area contributed by atoms with Crippen LogP contribution in [0, 0.1) is 10.1 Å². The Balaban J connectivity index is 2.21. The molecule has 0 atom stereocenters. The molecule has 0 fully saturated rings. The second kappa shape index (κ2) is 7.04. The molecule has 0 heterocycles.